The van der Waals surface area contributed by atoms with Crippen LogP contribution < -0.4 is 21.1 Å². The number of nitrogens with one attached hydrogen (secondary N) is 2. The van der Waals surface area contributed by atoms with Crippen LogP contribution in [0.4, 0.5) is 26.4 Å². The molecule has 4 heterocycles. The SMILES string of the molecule is Cc1c(-c2cc3cc(NC(=O)O[C@H]4[C@@H]5CN(C)C[C@@H]54)ncc3c(N)c2F)cnc2c1NCCO2. The van der Waals surface area contributed by atoms with Gasteiger partial charge in [-0.2, -0.15) is 0 Å². The summed E-state index contributed by atoms with van der Waals surface area (Å²) in [6.07, 6.45) is 2.48. The van der Waals surface area contributed by atoms with Gasteiger partial charge in [0.25, 0.3) is 0 Å². The maximum absolute atomic E-state index is 15.3. The Morgan fingerprint density at radius 1 is 1.26 bits per heavy atom. The average molecular weight is 465 g/mol. The number of anilines is 3. The summed E-state index contributed by atoms with van der Waals surface area (Å²) < 4.78 is 26.5. The summed E-state index contributed by atoms with van der Waals surface area (Å²) in [6, 6.07) is 3.36. The van der Waals surface area contributed by atoms with Gasteiger partial charge in [0.15, 0.2) is 5.82 Å². The van der Waals surface area contributed by atoms with Gasteiger partial charge in [-0.1, -0.05) is 0 Å². The summed E-state index contributed by atoms with van der Waals surface area (Å²) in [7, 11) is 2.07. The lowest BCUT2D eigenvalue weighted by Gasteiger charge is -2.22. The van der Waals surface area contributed by atoms with E-state index in [1.165, 1.54) is 6.20 Å². The molecule has 1 amide bonds. The molecule has 9 nitrogen and oxygen atoms in total. The number of benzene rings is 1. The lowest BCUT2D eigenvalue weighted by molar-refractivity contribution is 0.131. The van der Waals surface area contributed by atoms with Crippen molar-refractivity contribution in [3.05, 3.63) is 35.9 Å². The van der Waals surface area contributed by atoms with Gasteiger partial charge in [0.2, 0.25) is 5.88 Å². The number of nitrogens with two attached hydrogens (primary N) is 1. The number of rotatable bonds is 3. The van der Waals surface area contributed by atoms with Gasteiger partial charge >= 0.3 is 6.09 Å². The minimum Gasteiger partial charge on any atom is -0.474 e. The number of likely N-dealkylation sites (tertiary alicyclic amines) is 1. The molecule has 0 radical (unpaired) electrons. The van der Waals surface area contributed by atoms with E-state index in [4.69, 9.17) is 15.2 Å². The van der Waals surface area contributed by atoms with Crippen LogP contribution in [0.1, 0.15) is 5.56 Å². The molecule has 3 atom stereocenters. The van der Waals surface area contributed by atoms with Gasteiger partial charge in [-0.05, 0) is 37.1 Å². The van der Waals surface area contributed by atoms with Crippen molar-refractivity contribution in [3.63, 3.8) is 0 Å². The Kier molecular flexibility index (Phi) is 4.73. The lowest BCUT2D eigenvalue weighted by atomic mass is 9.97. The number of piperidine rings is 1. The number of ether oxygens (including phenoxy) is 2. The van der Waals surface area contributed by atoms with Crippen LogP contribution in [0.5, 0.6) is 5.88 Å². The second kappa shape index (κ2) is 7.69. The topological polar surface area (TPSA) is 115 Å². The van der Waals surface area contributed by atoms with Gasteiger partial charge in [-0.3, -0.25) is 5.32 Å². The molecule has 10 heteroatoms. The Hall–Kier alpha value is -3.66. The smallest absolute Gasteiger partial charge is 0.413 e. The van der Waals surface area contributed by atoms with E-state index in [1.54, 1.807) is 18.3 Å². The Balaban J connectivity index is 1.29. The Morgan fingerprint density at radius 3 is 2.85 bits per heavy atom. The number of nitrogens with zero attached hydrogens (tertiary/aromatic N) is 3. The van der Waals surface area contributed by atoms with E-state index in [0.29, 0.717) is 58.6 Å². The predicted molar refractivity (Wildman–Crippen MR) is 126 cm³/mol. The number of hydrogen-bond donors (Lipinski definition) is 3. The zero-order valence-electron chi connectivity index (χ0n) is 18.9. The number of nitrogen functional groups attached to an aromatic ring is 1. The van der Waals surface area contributed by atoms with Gasteiger partial charge in [-0.25, -0.2) is 19.2 Å². The third-order valence-corrected chi connectivity index (χ3v) is 7.01. The minimum atomic E-state index is -0.541. The molecule has 1 saturated heterocycles. The Bertz CT molecular complexity index is 1320. The van der Waals surface area contributed by atoms with Crippen molar-refractivity contribution in [2.45, 2.75) is 13.0 Å². The molecule has 2 aromatic heterocycles. The Morgan fingerprint density at radius 2 is 2.06 bits per heavy atom. The second-order valence-corrected chi connectivity index (χ2v) is 9.24. The Labute approximate surface area is 195 Å². The molecule has 2 fully saturated rings. The third kappa shape index (κ3) is 3.37. The number of hydrogen-bond acceptors (Lipinski definition) is 8. The fourth-order valence-electron chi connectivity index (χ4n) is 5.17. The number of carbonyl (C=O) groups is 1. The lowest BCUT2D eigenvalue weighted by Crippen LogP contribution is -2.25. The highest BCUT2D eigenvalue weighted by Crippen LogP contribution is 2.47. The number of fused-ring (bicyclic) bond motifs is 3. The molecule has 0 spiro atoms. The zero-order valence-corrected chi connectivity index (χ0v) is 18.9. The molecule has 1 aliphatic carbocycles. The van der Waals surface area contributed by atoms with Crippen LogP contribution in [0.15, 0.2) is 24.5 Å². The van der Waals surface area contributed by atoms with E-state index in [1.807, 2.05) is 6.92 Å². The van der Waals surface area contributed by atoms with Gasteiger partial charge < -0.3 is 25.4 Å². The first-order valence-corrected chi connectivity index (χ1v) is 11.3. The highest BCUT2D eigenvalue weighted by Gasteiger charge is 2.57. The predicted octanol–water partition coefficient (Wildman–Crippen LogP) is 3.24. The van der Waals surface area contributed by atoms with Crippen molar-refractivity contribution in [2.24, 2.45) is 11.8 Å². The number of pyridine rings is 2. The van der Waals surface area contributed by atoms with Crippen LogP contribution in [0.3, 0.4) is 0 Å². The normalized spacial score (nSPS) is 23.0. The maximum atomic E-state index is 15.3. The first-order chi connectivity index (χ1) is 16.4. The van der Waals surface area contributed by atoms with E-state index in [0.717, 1.165) is 24.3 Å². The monoisotopic (exact) mass is 464 g/mol. The van der Waals surface area contributed by atoms with Crippen LogP contribution >= 0.6 is 0 Å². The summed E-state index contributed by atoms with van der Waals surface area (Å²) in [5.74, 6) is 1.11. The van der Waals surface area contributed by atoms with E-state index in [2.05, 4.69) is 32.5 Å². The number of halogens is 1. The van der Waals surface area contributed by atoms with Crippen molar-refractivity contribution in [1.82, 2.24) is 14.9 Å². The van der Waals surface area contributed by atoms with Crippen molar-refractivity contribution >= 4 is 34.1 Å². The molecule has 3 aliphatic rings. The van der Waals surface area contributed by atoms with E-state index in [9.17, 15) is 4.79 Å². The van der Waals surface area contributed by atoms with Crippen LogP contribution in [0.25, 0.3) is 21.9 Å². The maximum Gasteiger partial charge on any atom is 0.413 e. The molecule has 6 rings (SSSR count). The molecular weight excluding hydrogens is 439 g/mol. The van der Waals surface area contributed by atoms with E-state index in [-0.39, 0.29) is 11.8 Å². The highest BCUT2D eigenvalue weighted by molar-refractivity contribution is 5.99. The summed E-state index contributed by atoms with van der Waals surface area (Å²) in [6.45, 7) is 4.96. The van der Waals surface area contributed by atoms with Crippen molar-refractivity contribution in [3.8, 4) is 17.0 Å². The molecule has 34 heavy (non-hydrogen) atoms. The summed E-state index contributed by atoms with van der Waals surface area (Å²) in [5, 5.41) is 7.06. The molecular formula is C24H25FN6O3. The molecule has 3 aromatic rings. The van der Waals surface area contributed by atoms with Gasteiger partial charge in [0, 0.05) is 60.4 Å². The number of aromatic nitrogens is 2. The minimum absolute atomic E-state index is 0.00891. The standard InChI is InChI=1S/C24H25FN6O3/c1-11-14(7-29-23-21(11)27-3-4-33-23)13-5-12-6-18(28-8-15(12)20(26)19(13)25)30-24(32)34-22-16-9-31(2)10-17(16)22/h5-8,16-17,22,27H,3-4,9-10,26H2,1-2H3,(H,28,30,32)/t16-,17+,22+. The van der Waals surface area contributed by atoms with Gasteiger partial charge in [0.1, 0.15) is 24.2 Å². The van der Waals surface area contributed by atoms with Crippen LogP contribution in [-0.4, -0.2) is 60.4 Å². The molecule has 0 bridgehead atoms. The number of carbonyl (C=O) groups excluding carboxylic acids is 1. The van der Waals surface area contributed by atoms with Crippen molar-refractivity contribution in [2.75, 3.05) is 49.7 Å². The molecule has 2 aliphatic heterocycles. The van der Waals surface area contributed by atoms with Crippen molar-refractivity contribution in [1.29, 1.82) is 0 Å². The second-order valence-electron chi connectivity index (χ2n) is 9.24. The first kappa shape index (κ1) is 20.9. The van der Waals surface area contributed by atoms with Crippen LogP contribution in [0, 0.1) is 24.6 Å². The third-order valence-electron chi connectivity index (χ3n) is 7.01. The molecule has 1 aromatic carbocycles. The van der Waals surface area contributed by atoms with Crippen LogP contribution in [0.2, 0.25) is 0 Å². The molecule has 1 saturated carbocycles. The van der Waals surface area contributed by atoms with Crippen LogP contribution in [-0.2, 0) is 4.74 Å². The summed E-state index contributed by atoms with van der Waals surface area (Å²) >= 11 is 0. The summed E-state index contributed by atoms with van der Waals surface area (Å²) in [5.41, 5.74) is 8.63. The zero-order chi connectivity index (χ0) is 23.6. The fourth-order valence-corrected chi connectivity index (χ4v) is 5.17. The molecule has 176 valence electrons. The number of amides is 1. The molecule has 4 N–H and O–H groups in total. The van der Waals surface area contributed by atoms with Gasteiger partial charge in [-0.15, -0.1) is 0 Å². The summed E-state index contributed by atoms with van der Waals surface area (Å²) in [4.78, 5) is 23.2. The quantitative estimate of drug-likeness (QED) is 0.506. The van der Waals surface area contributed by atoms with E-state index < -0.39 is 11.9 Å². The largest absolute Gasteiger partial charge is 0.474 e. The van der Waals surface area contributed by atoms with E-state index >= 15 is 4.39 Å². The molecule has 0 unspecified atom stereocenters. The average Bonchev–Trinajstić information content (AvgIpc) is 3.26. The first-order valence-electron chi connectivity index (χ1n) is 11.3. The fraction of sp³-hybridized carbons (Fsp3) is 0.375. The van der Waals surface area contributed by atoms with Gasteiger partial charge in [0.05, 0.1) is 5.69 Å². The van der Waals surface area contributed by atoms with Crippen molar-refractivity contribution < 1.29 is 18.7 Å². The highest BCUT2D eigenvalue weighted by atomic mass is 19.1.